The van der Waals surface area contributed by atoms with Crippen LogP contribution in [0.3, 0.4) is 0 Å². The fraction of sp³-hybridized carbons (Fsp3) is 0.273. The summed E-state index contributed by atoms with van der Waals surface area (Å²) in [7, 11) is 0. The van der Waals surface area contributed by atoms with Gasteiger partial charge in [0.1, 0.15) is 5.82 Å². The molecule has 0 unspecified atom stereocenters. The zero-order valence-corrected chi connectivity index (χ0v) is 8.95. The third-order valence-corrected chi connectivity index (χ3v) is 1.69. The average molecular weight is 205 g/mol. The fourth-order valence-electron chi connectivity index (χ4n) is 1.09. The Labute approximate surface area is 89.2 Å². The fourth-order valence-corrected chi connectivity index (χ4v) is 1.09. The molecule has 0 aliphatic heterocycles. The van der Waals surface area contributed by atoms with Crippen LogP contribution in [-0.2, 0) is 11.3 Å². The summed E-state index contributed by atoms with van der Waals surface area (Å²) in [6, 6.07) is 5.36. The van der Waals surface area contributed by atoms with E-state index in [9.17, 15) is 4.79 Å². The molecule has 1 heterocycles. The van der Waals surface area contributed by atoms with E-state index in [1.54, 1.807) is 6.07 Å². The molecule has 1 aromatic heterocycles. The number of rotatable bonds is 3. The molecule has 1 aromatic rings. The van der Waals surface area contributed by atoms with Crippen molar-refractivity contribution in [3.63, 3.8) is 0 Å². The number of carbonyl (C=O) groups is 1. The number of carbonyl (C=O) groups excluding carboxylic acids is 1. The maximum absolute atomic E-state index is 11.4. The van der Waals surface area contributed by atoms with Gasteiger partial charge < -0.3 is 11.1 Å². The Kier molecular flexibility index (Phi) is 4.00. The van der Waals surface area contributed by atoms with E-state index < -0.39 is 0 Å². The first kappa shape index (κ1) is 11.4. The van der Waals surface area contributed by atoms with E-state index in [-0.39, 0.29) is 5.91 Å². The van der Waals surface area contributed by atoms with Gasteiger partial charge in [-0.05, 0) is 26.0 Å². The van der Waals surface area contributed by atoms with Crippen molar-refractivity contribution in [2.75, 3.05) is 5.32 Å². The van der Waals surface area contributed by atoms with E-state index in [4.69, 9.17) is 5.73 Å². The number of nitrogens with one attached hydrogen (secondary N) is 1. The molecular weight excluding hydrogens is 190 g/mol. The third kappa shape index (κ3) is 3.91. The van der Waals surface area contributed by atoms with Crippen LogP contribution in [0.15, 0.2) is 29.8 Å². The summed E-state index contributed by atoms with van der Waals surface area (Å²) in [6.45, 7) is 4.10. The van der Waals surface area contributed by atoms with Crippen LogP contribution in [-0.4, -0.2) is 10.9 Å². The van der Waals surface area contributed by atoms with E-state index in [1.165, 1.54) is 6.08 Å². The second-order valence-corrected chi connectivity index (χ2v) is 3.43. The van der Waals surface area contributed by atoms with Gasteiger partial charge in [-0.1, -0.05) is 11.6 Å². The van der Waals surface area contributed by atoms with Crippen LogP contribution >= 0.6 is 0 Å². The van der Waals surface area contributed by atoms with Crippen molar-refractivity contribution < 1.29 is 4.79 Å². The van der Waals surface area contributed by atoms with Crippen molar-refractivity contribution in [1.82, 2.24) is 4.98 Å². The molecule has 0 aromatic carbocycles. The number of nitrogens with two attached hydrogens (primary N) is 1. The molecule has 80 valence electrons. The van der Waals surface area contributed by atoms with Gasteiger partial charge in [0.25, 0.3) is 0 Å². The Bertz CT molecular complexity index is 381. The van der Waals surface area contributed by atoms with E-state index in [0.717, 1.165) is 11.3 Å². The van der Waals surface area contributed by atoms with Gasteiger partial charge in [0.05, 0.1) is 5.69 Å². The van der Waals surface area contributed by atoms with Crippen molar-refractivity contribution in [2.45, 2.75) is 20.4 Å². The first-order chi connectivity index (χ1) is 7.11. The molecule has 1 amide bonds. The van der Waals surface area contributed by atoms with Crippen LogP contribution in [0.1, 0.15) is 19.5 Å². The molecule has 0 aliphatic carbocycles. The molecule has 0 fully saturated rings. The van der Waals surface area contributed by atoms with Crippen LogP contribution in [0.4, 0.5) is 5.82 Å². The zero-order valence-electron chi connectivity index (χ0n) is 8.95. The van der Waals surface area contributed by atoms with Crippen molar-refractivity contribution in [3.8, 4) is 0 Å². The minimum absolute atomic E-state index is 0.170. The molecule has 3 N–H and O–H groups in total. The first-order valence-corrected chi connectivity index (χ1v) is 4.73. The third-order valence-electron chi connectivity index (χ3n) is 1.69. The monoisotopic (exact) mass is 205 g/mol. The molecule has 1 rings (SSSR count). The van der Waals surface area contributed by atoms with Gasteiger partial charge in [0.15, 0.2) is 0 Å². The Balaban J connectivity index is 2.72. The topological polar surface area (TPSA) is 68.0 Å². The number of nitrogens with zero attached hydrogens (tertiary/aromatic N) is 1. The SMILES string of the molecule is CC(C)=CC(=O)Nc1cccc(CN)n1. The summed E-state index contributed by atoms with van der Waals surface area (Å²) >= 11 is 0. The van der Waals surface area contributed by atoms with Gasteiger partial charge in [-0.15, -0.1) is 0 Å². The van der Waals surface area contributed by atoms with Crippen LogP contribution in [0.2, 0.25) is 0 Å². The quantitative estimate of drug-likeness (QED) is 0.734. The highest BCUT2D eigenvalue weighted by atomic mass is 16.1. The molecule has 4 heteroatoms. The summed E-state index contributed by atoms with van der Waals surface area (Å²) in [6.07, 6.45) is 1.52. The lowest BCUT2D eigenvalue weighted by Crippen LogP contribution is -2.11. The van der Waals surface area contributed by atoms with Gasteiger partial charge in [-0.2, -0.15) is 0 Å². The molecule has 0 saturated carbocycles. The summed E-state index contributed by atoms with van der Waals surface area (Å²) in [5, 5.41) is 2.67. The Hall–Kier alpha value is -1.68. The highest BCUT2D eigenvalue weighted by molar-refractivity contribution is 5.98. The molecule has 0 aliphatic rings. The summed E-state index contributed by atoms with van der Waals surface area (Å²) in [4.78, 5) is 15.5. The van der Waals surface area contributed by atoms with E-state index in [2.05, 4.69) is 10.3 Å². The minimum atomic E-state index is -0.170. The van der Waals surface area contributed by atoms with Crippen molar-refractivity contribution in [3.05, 3.63) is 35.5 Å². The van der Waals surface area contributed by atoms with Crippen LogP contribution < -0.4 is 11.1 Å². The zero-order chi connectivity index (χ0) is 11.3. The minimum Gasteiger partial charge on any atom is -0.325 e. The van der Waals surface area contributed by atoms with Crippen LogP contribution in [0.5, 0.6) is 0 Å². The highest BCUT2D eigenvalue weighted by Crippen LogP contribution is 2.04. The number of pyridine rings is 1. The average Bonchev–Trinajstić information content (AvgIpc) is 2.16. The maximum atomic E-state index is 11.4. The predicted octanol–water partition coefficient (Wildman–Crippen LogP) is 1.44. The molecule has 0 atom stereocenters. The molecule has 0 radical (unpaired) electrons. The smallest absolute Gasteiger partial charge is 0.249 e. The lowest BCUT2D eigenvalue weighted by Gasteiger charge is -2.03. The molecule has 0 saturated heterocycles. The molecule has 15 heavy (non-hydrogen) atoms. The van der Waals surface area contributed by atoms with Gasteiger partial charge >= 0.3 is 0 Å². The van der Waals surface area contributed by atoms with Gasteiger partial charge in [0.2, 0.25) is 5.91 Å². The van der Waals surface area contributed by atoms with Gasteiger partial charge in [-0.3, -0.25) is 4.79 Å². The van der Waals surface area contributed by atoms with Gasteiger partial charge in [-0.25, -0.2) is 4.98 Å². The lowest BCUT2D eigenvalue weighted by atomic mass is 10.3. The van der Waals surface area contributed by atoms with Crippen LogP contribution in [0, 0.1) is 0 Å². The Morgan fingerprint density at radius 2 is 2.27 bits per heavy atom. The summed E-state index contributed by atoms with van der Waals surface area (Å²) in [5.41, 5.74) is 7.14. The van der Waals surface area contributed by atoms with E-state index in [0.29, 0.717) is 12.4 Å². The number of allylic oxidation sites excluding steroid dienone is 1. The molecule has 0 bridgehead atoms. The molecule has 4 nitrogen and oxygen atoms in total. The molecular formula is C11H15N3O. The first-order valence-electron chi connectivity index (χ1n) is 4.73. The number of aromatic nitrogens is 1. The summed E-state index contributed by atoms with van der Waals surface area (Å²) < 4.78 is 0. The summed E-state index contributed by atoms with van der Waals surface area (Å²) in [5.74, 6) is 0.358. The van der Waals surface area contributed by atoms with Crippen molar-refractivity contribution in [1.29, 1.82) is 0 Å². The van der Waals surface area contributed by atoms with Crippen molar-refractivity contribution >= 4 is 11.7 Å². The highest BCUT2D eigenvalue weighted by Gasteiger charge is 2.00. The van der Waals surface area contributed by atoms with E-state index >= 15 is 0 Å². The van der Waals surface area contributed by atoms with Crippen LogP contribution in [0.25, 0.3) is 0 Å². The second kappa shape index (κ2) is 5.26. The number of hydrogen-bond acceptors (Lipinski definition) is 3. The number of amides is 1. The van der Waals surface area contributed by atoms with Crippen molar-refractivity contribution in [2.24, 2.45) is 5.73 Å². The van der Waals surface area contributed by atoms with Gasteiger partial charge in [0, 0.05) is 12.6 Å². The van der Waals surface area contributed by atoms with E-state index in [1.807, 2.05) is 26.0 Å². The number of hydrogen-bond donors (Lipinski definition) is 2. The molecule has 0 spiro atoms. The Morgan fingerprint density at radius 1 is 1.53 bits per heavy atom. The lowest BCUT2D eigenvalue weighted by molar-refractivity contribution is -0.112. The maximum Gasteiger partial charge on any atom is 0.249 e. The predicted molar refractivity (Wildman–Crippen MR) is 60.2 cm³/mol. The number of anilines is 1. The Morgan fingerprint density at radius 3 is 2.87 bits per heavy atom. The largest absolute Gasteiger partial charge is 0.325 e. The second-order valence-electron chi connectivity index (χ2n) is 3.43. The normalized spacial score (nSPS) is 9.53. The standard InChI is InChI=1S/C11H15N3O/c1-8(2)6-11(15)14-10-5-3-4-9(7-12)13-10/h3-6H,7,12H2,1-2H3,(H,13,14,15).